The molecule has 22 heavy (non-hydrogen) atoms. The van der Waals surface area contributed by atoms with Crippen LogP contribution in [0.1, 0.15) is 25.7 Å². The first kappa shape index (κ1) is 15.5. The molecule has 0 aromatic heterocycles. The first-order valence-electron chi connectivity index (χ1n) is 7.71. The maximum Gasteiger partial charge on any atom is 0.240 e. The summed E-state index contributed by atoms with van der Waals surface area (Å²) >= 11 is 0. The fraction of sp³-hybridized carbons (Fsp3) is 0.412. The summed E-state index contributed by atoms with van der Waals surface area (Å²) in [6.07, 6.45) is 3.15. The predicted molar refractivity (Wildman–Crippen MR) is 87.1 cm³/mol. The first-order valence-corrected chi connectivity index (χ1v) is 9.19. The van der Waals surface area contributed by atoms with Crippen LogP contribution >= 0.6 is 0 Å². The van der Waals surface area contributed by atoms with Crippen molar-refractivity contribution in [1.29, 1.82) is 0 Å². The monoisotopic (exact) mass is 319 g/mol. The van der Waals surface area contributed by atoms with Gasteiger partial charge in [-0.1, -0.05) is 36.8 Å². The van der Waals surface area contributed by atoms with Crippen LogP contribution in [0.4, 0.5) is 0 Å². The molecule has 2 aromatic carbocycles. The molecule has 1 aliphatic rings. The van der Waals surface area contributed by atoms with Crippen LogP contribution in [0.15, 0.2) is 47.4 Å². The molecule has 1 fully saturated rings. The van der Waals surface area contributed by atoms with E-state index in [1.54, 1.807) is 12.1 Å². The molecule has 4 nitrogen and oxygen atoms in total. The Kier molecular flexibility index (Phi) is 4.47. The van der Waals surface area contributed by atoms with Gasteiger partial charge in [-0.25, -0.2) is 13.1 Å². The van der Waals surface area contributed by atoms with Crippen molar-refractivity contribution in [2.24, 2.45) is 5.92 Å². The molecule has 1 saturated carbocycles. The quantitative estimate of drug-likeness (QED) is 0.910. The van der Waals surface area contributed by atoms with Crippen LogP contribution in [0.2, 0.25) is 0 Å². The summed E-state index contributed by atoms with van der Waals surface area (Å²) in [4.78, 5) is 0.294. The van der Waals surface area contributed by atoms with E-state index in [2.05, 4.69) is 4.72 Å². The van der Waals surface area contributed by atoms with E-state index in [0.29, 0.717) is 17.9 Å². The highest BCUT2D eigenvalue weighted by Crippen LogP contribution is 2.24. The van der Waals surface area contributed by atoms with Gasteiger partial charge in [0.2, 0.25) is 10.0 Å². The average molecular weight is 319 g/mol. The van der Waals surface area contributed by atoms with Crippen LogP contribution in [0.25, 0.3) is 10.8 Å². The van der Waals surface area contributed by atoms with Gasteiger partial charge in [0.05, 0.1) is 11.0 Å². The topological polar surface area (TPSA) is 66.4 Å². The molecule has 2 aromatic rings. The van der Waals surface area contributed by atoms with Gasteiger partial charge in [-0.3, -0.25) is 0 Å². The van der Waals surface area contributed by atoms with E-state index in [0.717, 1.165) is 30.0 Å². The highest BCUT2D eigenvalue weighted by Gasteiger charge is 2.22. The third kappa shape index (κ3) is 3.48. The van der Waals surface area contributed by atoms with Crippen LogP contribution in [-0.2, 0) is 10.0 Å². The van der Waals surface area contributed by atoms with Crippen LogP contribution in [-0.4, -0.2) is 26.2 Å². The molecule has 118 valence electrons. The molecule has 0 unspecified atom stereocenters. The Morgan fingerprint density at radius 2 is 1.86 bits per heavy atom. The number of sulfonamides is 1. The van der Waals surface area contributed by atoms with E-state index in [1.807, 2.05) is 30.3 Å². The molecule has 0 saturated heterocycles. The number of nitrogens with one attached hydrogen (secondary N) is 1. The lowest BCUT2D eigenvalue weighted by atomic mass is 9.87. The zero-order valence-electron chi connectivity index (χ0n) is 12.4. The van der Waals surface area contributed by atoms with E-state index in [1.165, 1.54) is 0 Å². The molecule has 0 amide bonds. The molecule has 0 bridgehead atoms. The summed E-state index contributed by atoms with van der Waals surface area (Å²) < 4.78 is 27.5. The minimum atomic E-state index is -3.50. The number of benzene rings is 2. The van der Waals surface area contributed by atoms with Crippen molar-refractivity contribution >= 4 is 20.8 Å². The van der Waals surface area contributed by atoms with Gasteiger partial charge in [0.25, 0.3) is 0 Å². The van der Waals surface area contributed by atoms with Crippen molar-refractivity contribution in [3.63, 3.8) is 0 Å². The molecule has 0 aliphatic heterocycles. The molecule has 0 heterocycles. The van der Waals surface area contributed by atoms with E-state index in [-0.39, 0.29) is 12.0 Å². The Bertz CT molecular complexity index is 757. The Morgan fingerprint density at radius 1 is 1.09 bits per heavy atom. The third-order valence-corrected chi connectivity index (χ3v) is 5.77. The van der Waals surface area contributed by atoms with Gasteiger partial charge in [-0.15, -0.1) is 0 Å². The minimum absolute atomic E-state index is 0.221. The molecular formula is C17H21NO3S. The molecule has 0 spiro atoms. The van der Waals surface area contributed by atoms with Gasteiger partial charge in [0.15, 0.2) is 0 Å². The summed E-state index contributed by atoms with van der Waals surface area (Å²) in [5.74, 6) is 0.221. The predicted octanol–water partition coefficient (Wildman–Crippen LogP) is 2.67. The van der Waals surface area contributed by atoms with Gasteiger partial charge >= 0.3 is 0 Å². The number of aliphatic hydroxyl groups is 1. The highest BCUT2D eigenvalue weighted by atomic mass is 32.2. The van der Waals surface area contributed by atoms with Crippen LogP contribution in [0.5, 0.6) is 0 Å². The molecule has 0 radical (unpaired) electrons. The molecule has 2 atom stereocenters. The van der Waals surface area contributed by atoms with E-state index >= 15 is 0 Å². The normalized spacial score (nSPS) is 22.8. The van der Waals surface area contributed by atoms with Gasteiger partial charge in [-0.05, 0) is 48.1 Å². The fourth-order valence-electron chi connectivity index (χ4n) is 3.09. The molecule has 1 aliphatic carbocycles. The van der Waals surface area contributed by atoms with Crippen molar-refractivity contribution < 1.29 is 13.5 Å². The van der Waals surface area contributed by atoms with Crippen LogP contribution < -0.4 is 4.72 Å². The number of fused-ring (bicyclic) bond motifs is 1. The van der Waals surface area contributed by atoms with Crippen molar-refractivity contribution in [1.82, 2.24) is 4.72 Å². The van der Waals surface area contributed by atoms with E-state index in [9.17, 15) is 13.5 Å². The zero-order valence-corrected chi connectivity index (χ0v) is 13.2. The van der Waals surface area contributed by atoms with Gasteiger partial charge in [0.1, 0.15) is 0 Å². The molecule has 5 heteroatoms. The van der Waals surface area contributed by atoms with Crippen LogP contribution in [0, 0.1) is 5.92 Å². The van der Waals surface area contributed by atoms with Crippen molar-refractivity contribution in [3.05, 3.63) is 42.5 Å². The largest absolute Gasteiger partial charge is 0.393 e. The lowest BCUT2D eigenvalue weighted by Gasteiger charge is -2.25. The van der Waals surface area contributed by atoms with Crippen LogP contribution in [0.3, 0.4) is 0 Å². The lowest BCUT2D eigenvalue weighted by molar-refractivity contribution is 0.102. The van der Waals surface area contributed by atoms with Crippen molar-refractivity contribution in [3.8, 4) is 0 Å². The Labute approximate surface area is 131 Å². The molecular weight excluding hydrogens is 298 g/mol. The number of hydrogen-bond donors (Lipinski definition) is 2. The van der Waals surface area contributed by atoms with Gasteiger partial charge in [0, 0.05) is 6.54 Å². The highest BCUT2D eigenvalue weighted by molar-refractivity contribution is 7.89. The maximum atomic E-state index is 12.4. The summed E-state index contributed by atoms with van der Waals surface area (Å²) in [6.45, 7) is 0.395. The number of aliphatic hydroxyl groups excluding tert-OH is 1. The second-order valence-electron chi connectivity index (χ2n) is 6.05. The summed E-state index contributed by atoms with van der Waals surface area (Å²) in [5.41, 5.74) is 0. The van der Waals surface area contributed by atoms with Gasteiger partial charge < -0.3 is 5.11 Å². The minimum Gasteiger partial charge on any atom is -0.393 e. The Morgan fingerprint density at radius 3 is 2.64 bits per heavy atom. The standard InChI is InChI=1S/C17H21NO3S/c19-16-7-3-4-13(10-16)12-18-22(20,21)17-9-8-14-5-1-2-6-15(14)11-17/h1-2,5-6,8-9,11,13,16,18-19H,3-4,7,10,12H2/t13-,16-/m1/s1. The lowest BCUT2D eigenvalue weighted by Crippen LogP contribution is -2.33. The molecule has 3 rings (SSSR count). The fourth-order valence-corrected chi connectivity index (χ4v) is 4.24. The second kappa shape index (κ2) is 6.36. The number of rotatable bonds is 4. The van der Waals surface area contributed by atoms with E-state index in [4.69, 9.17) is 0 Å². The zero-order chi connectivity index (χ0) is 15.6. The summed E-state index contributed by atoms with van der Waals surface area (Å²) in [7, 11) is -3.50. The maximum absolute atomic E-state index is 12.4. The summed E-state index contributed by atoms with van der Waals surface area (Å²) in [6, 6.07) is 12.9. The van der Waals surface area contributed by atoms with Gasteiger partial charge in [-0.2, -0.15) is 0 Å². The smallest absolute Gasteiger partial charge is 0.240 e. The second-order valence-corrected chi connectivity index (χ2v) is 7.81. The third-order valence-electron chi connectivity index (χ3n) is 4.35. The SMILES string of the molecule is O=S(=O)(NC[C@@H]1CCC[C@@H](O)C1)c1ccc2ccccc2c1. The number of hydrogen-bond acceptors (Lipinski definition) is 3. The average Bonchev–Trinajstić information content (AvgIpc) is 2.53. The first-order chi connectivity index (χ1) is 10.5. The Balaban J connectivity index is 1.73. The van der Waals surface area contributed by atoms with Crippen molar-refractivity contribution in [2.75, 3.05) is 6.54 Å². The van der Waals surface area contributed by atoms with E-state index < -0.39 is 10.0 Å². The summed E-state index contributed by atoms with van der Waals surface area (Å²) in [5, 5.41) is 11.6. The Hall–Kier alpha value is -1.43. The molecule has 2 N–H and O–H groups in total. The van der Waals surface area contributed by atoms with Crippen molar-refractivity contribution in [2.45, 2.75) is 36.7 Å².